The number of nitrogens with one attached hydrogen (secondary N) is 1. The Morgan fingerprint density at radius 1 is 1.10 bits per heavy atom. The van der Waals surface area contributed by atoms with Crippen LogP contribution in [-0.2, 0) is 6.54 Å². The average molecular weight is 285 g/mol. The Balaban J connectivity index is 2.03. The molecule has 1 atom stereocenters. The number of ether oxygens (including phenoxy) is 1. The predicted molar refractivity (Wildman–Crippen MR) is 85.6 cm³/mol. The van der Waals surface area contributed by atoms with E-state index in [0.717, 1.165) is 24.3 Å². The van der Waals surface area contributed by atoms with Gasteiger partial charge in [-0.05, 0) is 37.1 Å². The van der Waals surface area contributed by atoms with Gasteiger partial charge in [-0.3, -0.25) is 0 Å². The maximum Gasteiger partial charge on any atom is 0.120 e. The van der Waals surface area contributed by atoms with Gasteiger partial charge in [0.2, 0.25) is 0 Å². The summed E-state index contributed by atoms with van der Waals surface area (Å²) in [4.78, 5) is 0. The standard InChI is InChI=1S/C18H23NO2/c1-3-17(16-10-5-6-11-18(16)20)19-13-14-8-7-9-15(12-14)21-4-2/h5-12,17,19-20H,3-4,13H2,1-2H3. The second-order valence-corrected chi connectivity index (χ2v) is 4.98. The molecule has 0 radical (unpaired) electrons. The molecule has 0 saturated heterocycles. The minimum absolute atomic E-state index is 0.141. The van der Waals surface area contributed by atoms with E-state index in [0.29, 0.717) is 12.4 Å². The van der Waals surface area contributed by atoms with Crippen LogP contribution >= 0.6 is 0 Å². The van der Waals surface area contributed by atoms with Crippen LogP contribution in [0.5, 0.6) is 11.5 Å². The maximum atomic E-state index is 9.96. The lowest BCUT2D eigenvalue weighted by molar-refractivity contribution is 0.339. The first-order valence-electron chi connectivity index (χ1n) is 7.47. The van der Waals surface area contributed by atoms with Crippen molar-refractivity contribution < 1.29 is 9.84 Å². The number of rotatable bonds is 7. The first kappa shape index (κ1) is 15.4. The number of hydrogen-bond donors (Lipinski definition) is 2. The Hall–Kier alpha value is -2.00. The van der Waals surface area contributed by atoms with Crippen molar-refractivity contribution in [1.29, 1.82) is 0 Å². The van der Waals surface area contributed by atoms with Crippen LogP contribution in [0.2, 0.25) is 0 Å². The highest BCUT2D eigenvalue weighted by molar-refractivity contribution is 5.35. The van der Waals surface area contributed by atoms with E-state index in [1.54, 1.807) is 6.07 Å². The van der Waals surface area contributed by atoms with Crippen molar-refractivity contribution in [3.63, 3.8) is 0 Å². The van der Waals surface area contributed by atoms with Gasteiger partial charge in [-0.25, -0.2) is 0 Å². The molecule has 0 aliphatic heterocycles. The lowest BCUT2D eigenvalue weighted by Gasteiger charge is -2.19. The fraction of sp³-hybridized carbons (Fsp3) is 0.333. The Bertz CT molecular complexity index is 569. The second-order valence-electron chi connectivity index (χ2n) is 4.98. The van der Waals surface area contributed by atoms with Gasteiger partial charge in [-0.15, -0.1) is 0 Å². The number of para-hydroxylation sites is 1. The molecule has 0 spiro atoms. The van der Waals surface area contributed by atoms with Crippen molar-refractivity contribution in [1.82, 2.24) is 5.32 Å². The van der Waals surface area contributed by atoms with Gasteiger partial charge in [-0.2, -0.15) is 0 Å². The molecular weight excluding hydrogens is 262 g/mol. The van der Waals surface area contributed by atoms with Gasteiger partial charge in [0.15, 0.2) is 0 Å². The molecule has 0 aliphatic carbocycles. The first-order chi connectivity index (χ1) is 10.2. The summed E-state index contributed by atoms with van der Waals surface area (Å²) in [6.07, 6.45) is 0.919. The van der Waals surface area contributed by atoms with E-state index in [4.69, 9.17) is 4.74 Å². The van der Waals surface area contributed by atoms with Crippen molar-refractivity contribution in [2.75, 3.05) is 6.61 Å². The molecule has 0 aromatic heterocycles. The van der Waals surface area contributed by atoms with Crippen LogP contribution in [0, 0.1) is 0 Å². The van der Waals surface area contributed by atoms with E-state index in [2.05, 4.69) is 18.3 Å². The Morgan fingerprint density at radius 3 is 2.62 bits per heavy atom. The van der Waals surface area contributed by atoms with E-state index in [-0.39, 0.29) is 6.04 Å². The fourth-order valence-corrected chi connectivity index (χ4v) is 2.41. The van der Waals surface area contributed by atoms with Crippen molar-refractivity contribution in [3.05, 3.63) is 59.7 Å². The predicted octanol–water partition coefficient (Wildman–Crippen LogP) is 4.03. The quantitative estimate of drug-likeness (QED) is 0.807. The van der Waals surface area contributed by atoms with Crippen molar-refractivity contribution in [2.24, 2.45) is 0 Å². The summed E-state index contributed by atoms with van der Waals surface area (Å²) in [6, 6.07) is 15.7. The average Bonchev–Trinajstić information content (AvgIpc) is 2.50. The molecule has 3 heteroatoms. The van der Waals surface area contributed by atoms with E-state index in [1.807, 2.05) is 43.3 Å². The monoisotopic (exact) mass is 285 g/mol. The maximum absolute atomic E-state index is 9.96. The third-order valence-corrected chi connectivity index (χ3v) is 3.48. The van der Waals surface area contributed by atoms with E-state index in [9.17, 15) is 5.11 Å². The molecule has 21 heavy (non-hydrogen) atoms. The van der Waals surface area contributed by atoms with E-state index < -0.39 is 0 Å². The molecule has 3 nitrogen and oxygen atoms in total. The summed E-state index contributed by atoms with van der Waals surface area (Å²) in [5.74, 6) is 1.24. The zero-order valence-corrected chi connectivity index (χ0v) is 12.7. The van der Waals surface area contributed by atoms with Gasteiger partial charge in [0.05, 0.1) is 6.61 Å². The summed E-state index contributed by atoms with van der Waals surface area (Å²) in [6.45, 7) is 5.51. The lowest BCUT2D eigenvalue weighted by Crippen LogP contribution is -2.20. The highest BCUT2D eigenvalue weighted by atomic mass is 16.5. The van der Waals surface area contributed by atoms with Crippen molar-refractivity contribution in [3.8, 4) is 11.5 Å². The minimum Gasteiger partial charge on any atom is -0.508 e. The summed E-state index contributed by atoms with van der Waals surface area (Å²) < 4.78 is 5.52. The molecule has 0 amide bonds. The molecule has 112 valence electrons. The second kappa shape index (κ2) is 7.70. The van der Waals surface area contributed by atoms with Gasteiger partial charge in [-0.1, -0.05) is 37.3 Å². The largest absolute Gasteiger partial charge is 0.508 e. The molecule has 0 bridgehead atoms. The molecule has 2 aromatic carbocycles. The van der Waals surface area contributed by atoms with Gasteiger partial charge >= 0.3 is 0 Å². The van der Waals surface area contributed by atoms with Crippen LogP contribution < -0.4 is 10.1 Å². The zero-order valence-electron chi connectivity index (χ0n) is 12.7. The third kappa shape index (κ3) is 4.23. The highest BCUT2D eigenvalue weighted by Crippen LogP contribution is 2.26. The highest BCUT2D eigenvalue weighted by Gasteiger charge is 2.12. The SMILES string of the molecule is CCOc1cccc(CNC(CC)c2ccccc2O)c1. The lowest BCUT2D eigenvalue weighted by atomic mass is 10.0. The summed E-state index contributed by atoms with van der Waals surface area (Å²) >= 11 is 0. The fourth-order valence-electron chi connectivity index (χ4n) is 2.41. The van der Waals surface area contributed by atoms with Crippen LogP contribution in [0.1, 0.15) is 37.4 Å². The Labute approximate surface area is 126 Å². The van der Waals surface area contributed by atoms with Crippen LogP contribution in [0.25, 0.3) is 0 Å². The summed E-state index contributed by atoms with van der Waals surface area (Å²) in [5, 5.41) is 13.5. The van der Waals surface area contributed by atoms with Gasteiger partial charge in [0.25, 0.3) is 0 Å². The molecular formula is C18H23NO2. The van der Waals surface area contributed by atoms with Gasteiger partial charge < -0.3 is 15.2 Å². The van der Waals surface area contributed by atoms with Crippen LogP contribution in [-0.4, -0.2) is 11.7 Å². The topological polar surface area (TPSA) is 41.5 Å². The molecule has 2 N–H and O–H groups in total. The number of phenols is 1. The molecule has 0 heterocycles. The summed E-state index contributed by atoms with van der Waals surface area (Å²) in [5.41, 5.74) is 2.12. The zero-order chi connectivity index (χ0) is 15.1. The normalized spacial score (nSPS) is 12.1. The van der Waals surface area contributed by atoms with Crippen molar-refractivity contribution in [2.45, 2.75) is 32.9 Å². The third-order valence-electron chi connectivity index (χ3n) is 3.48. The van der Waals surface area contributed by atoms with Crippen molar-refractivity contribution >= 4 is 0 Å². The minimum atomic E-state index is 0.141. The van der Waals surface area contributed by atoms with E-state index >= 15 is 0 Å². The molecule has 0 aliphatic rings. The first-order valence-corrected chi connectivity index (χ1v) is 7.47. The Kier molecular flexibility index (Phi) is 5.64. The molecule has 0 fully saturated rings. The smallest absolute Gasteiger partial charge is 0.120 e. The molecule has 0 saturated carbocycles. The molecule has 2 rings (SSSR count). The number of phenolic OH excluding ortho intramolecular Hbond substituents is 1. The van der Waals surface area contributed by atoms with Gasteiger partial charge in [0, 0.05) is 18.2 Å². The van der Waals surface area contributed by atoms with Crippen LogP contribution in [0.15, 0.2) is 48.5 Å². The Morgan fingerprint density at radius 2 is 1.90 bits per heavy atom. The summed E-state index contributed by atoms with van der Waals surface area (Å²) in [7, 11) is 0. The number of aromatic hydroxyl groups is 1. The molecule has 2 aromatic rings. The number of benzene rings is 2. The van der Waals surface area contributed by atoms with Crippen LogP contribution in [0.3, 0.4) is 0 Å². The van der Waals surface area contributed by atoms with Crippen LogP contribution in [0.4, 0.5) is 0 Å². The van der Waals surface area contributed by atoms with Gasteiger partial charge in [0.1, 0.15) is 11.5 Å². The van der Waals surface area contributed by atoms with E-state index in [1.165, 1.54) is 5.56 Å². The molecule has 1 unspecified atom stereocenters. The number of hydrogen-bond acceptors (Lipinski definition) is 3.